The first-order chi connectivity index (χ1) is 12.5. The number of anilines is 1. The van der Waals surface area contributed by atoms with Gasteiger partial charge < -0.3 is 20.5 Å². The summed E-state index contributed by atoms with van der Waals surface area (Å²) in [6.45, 7) is 4.12. The third kappa shape index (κ3) is 4.75. The molecule has 1 unspecified atom stereocenters. The minimum absolute atomic E-state index is 0.00104. The number of benzene rings is 2. The van der Waals surface area contributed by atoms with E-state index in [1.807, 2.05) is 25.1 Å². The van der Waals surface area contributed by atoms with E-state index in [9.17, 15) is 4.79 Å². The van der Waals surface area contributed by atoms with Gasteiger partial charge >= 0.3 is 5.97 Å². The number of rotatable bonds is 8. The fourth-order valence-electron chi connectivity index (χ4n) is 2.59. The number of carbonyl (C=O) groups is 1. The summed E-state index contributed by atoms with van der Waals surface area (Å²) in [7, 11) is 1.60. The van der Waals surface area contributed by atoms with Gasteiger partial charge in [-0.1, -0.05) is 13.0 Å². The molecule has 0 aliphatic rings. The molecule has 1 atom stereocenters. The number of carbonyl (C=O) groups excluding carboxylic acids is 1. The van der Waals surface area contributed by atoms with Crippen molar-refractivity contribution in [3.05, 3.63) is 59.2 Å². The molecule has 2 rings (SSSR count). The van der Waals surface area contributed by atoms with Crippen molar-refractivity contribution in [2.24, 2.45) is 5.73 Å². The van der Waals surface area contributed by atoms with Gasteiger partial charge in [0.25, 0.3) is 0 Å². The van der Waals surface area contributed by atoms with Gasteiger partial charge in [-0.15, -0.1) is 0 Å². The summed E-state index contributed by atoms with van der Waals surface area (Å²) in [6, 6.07) is 12.1. The second-order valence-electron chi connectivity index (χ2n) is 5.79. The zero-order valence-electron chi connectivity index (χ0n) is 15.3. The Morgan fingerprint density at radius 2 is 1.88 bits per heavy atom. The first-order valence-corrected chi connectivity index (χ1v) is 8.54. The summed E-state index contributed by atoms with van der Waals surface area (Å²) in [6.07, 6.45) is 0.826. The molecule has 0 fully saturated rings. The van der Waals surface area contributed by atoms with Crippen molar-refractivity contribution in [2.45, 2.75) is 26.3 Å². The zero-order valence-corrected chi connectivity index (χ0v) is 15.3. The van der Waals surface area contributed by atoms with Gasteiger partial charge in [0.1, 0.15) is 11.6 Å². The fraction of sp³-hybridized carbons (Fsp3) is 0.300. The van der Waals surface area contributed by atoms with E-state index in [0.29, 0.717) is 17.9 Å². The highest BCUT2D eigenvalue weighted by atomic mass is 16.5. The number of esters is 1. The van der Waals surface area contributed by atoms with Crippen molar-refractivity contribution in [1.82, 2.24) is 0 Å². The second-order valence-corrected chi connectivity index (χ2v) is 5.79. The van der Waals surface area contributed by atoms with Gasteiger partial charge in [0, 0.05) is 11.3 Å². The highest BCUT2D eigenvalue weighted by Gasteiger charge is 2.23. The Morgan fingerprint density at radius 3 is 2.42 bits per heavy atom. The molecule has 0 spiro atoms. The van der Waals surface area contributed by atoms with E-state index in [-0.39, 0.29) is 11.8 Å². The van der Waals surface area contributed by atoms with Gasteiger partial charge in [0.05, 0.1) is 13.7 Å². The number of hydrogen-bond donors (Lipinski definition) is 3. The molecular weight excluding hydrogens is 330 g/mol. The van der Waals surface area contributed by atoms with Crippen LogP contribution in [0.3, 0.4) is 0 Å². The van der Waals surface area contributed by atoms with Crippen LogP contribution in [0.1, 0.15) is 36.6 Å². The van der Waals surface area contributed by atoms with Crippen molar-refractivity contribution in [1.29, 1.82) is 5.41 Å². The minimum atomic E-state index is -0.668. The summed E-state index contributed by atoms with van der Waals surface area (Å²) < 4.78 is 10.6. The molecule has 138 valence electrons. The monoisotopic (exact) mass is 355 g/mol. The predicted octanol–water partition coefficient (Wildman–Crippen LogP) is 3.26. The number of amidine groups is 1. The van der Waals surface area contributed by atoms with Crippen molar-refractivity contribution >= 4 is 17.5 Å². The standard InChI is InChI=1S/C20H25N3O3/c1-4-13-10-15(12-17(11-13)25-3)18(20(24)26-5-2)23-16-8-6-14(7-9-16)19(21)22/h6-12,18,23H,4-5H2,1-3H3,(H3,21,22). The lowest BCUT2D eigenvalue weighted by atomic mass is 10.0. The molecule has 6 heteroatoms. The minimum Gasteiger partial charge on any atom is -0.497 e. The van der Waals surface area contributed by atoms with Crippen LogP contribution in [0.25, 0.3) is 0 Å². The first kappa shape index (κ1) is 19.3. The van der Waals surface area contributed by atoms with Crippen LogP contribution >= 0.6 is 0 Å². The molecule has 2 aromatic rings. The quantitative estimate of drug-likeness (QED) is 0.384. The molecule has 0 amide bonds. The number of methoxy groups -OCH3 is 1. The molecule has 0 aromatic heterocycles. The third-order valence-corrected chi connectivity index (χ3v) is 4.00. The van der Waals surface area contributed by atoms with Crippen molar-refractivity contribution in [3.63, 3.8) is 0 Å². The summed E-state index contributed by atoms with van der Waals surface area (Å²) in [4.78, 5) is 12.5. The zero-order chi connectivity index (χ0) is 19.1. The molecule has 6 nitrogen and oxygen atoms in total. The van der Waals surface area contributed by atoms with Gasteiger partial charge in [-0.2, -0.15) is 0 Å². The second kappa shape index (κ2) is 8.89. The topological polar surface area (TPSA) is 97.4 Å². The summed E-state index contributed by atoms with van der Waals surface area (Å²) in [5, 5.41) is 10.7. The van der Waals surface area contributed by atoms with Gasteiger partial charge in [0.15, 0.2) is 6.04 Å². The van der Waals surface area contributed by atoms with Crippen LogP contribution in [0.15, 0.2) is 42.5 Å². The third-order valence-electron chi connectivity index (χ3n) is 4.00. The molecule has 0 saturated heterocycles. The highest BCUT2D eigenvalue weighted by Crippen LogP contribution is 2.27. The van der Waals surface area contributed by atoms with E-state index in [1.165, 1.54) is 0 Å². The van der Waals surface area contributed by atoms with Crippen LogP contribution in [0.4, 0.5) is 5.69 Å². The van der Waals surface area contributed by atoms with Crippen LogP contribution in [-0.4, -0.2) is 25.5 Å². The summed E-state index contributed by atoms with van der Waals surface area (Å²) in [5.74, 6) is 0.333. The summed E-state index contributed by atoms with van der Waals surface area (Å²) >= 11 is 0. The van der Waals surface area contributed by atoms with E-state index in [2.05, 4.69) is 5.32 Å². The molecule has 0 heterocycles. The molecule has 0 radical (unpaired) electrons. The fourth-order valence-corrected chi connectivity index (χ4v) is 2.59. The predicted molar refractivity (Wildman–Crippen MR) is 103 cm³/mol. The molecule has 26 heavy (non-hydrogen) atoms. The molecule has 0 saturated carbocycles. The smallest absolute Gasteiger partial charge is 0.333 e. The van der Waals surface area contributed by atoms with Crippen LogP contribution in [0.5, 0.6) is 5.75 Å². The SMILES string of the molecule is CCOC(=O)C(Nc1ccc(C(=N)N)cc1)c1cc(CC)cc(OC)c1. The number of nitrogen functional groups attached to an aromatic ring is 1. The average Bonchev–Trinajstić information content (AvgIpc) is 2.66. The highest BCUT2D eigenvalue weighted by molar-refractivity contribution is 5.95. The van der Waals surface area contributed by atoms with Gasteiger partial charge in [-0.3, -0.25) is 5.41 Å². The lowest BCUT2D eigenvalue weighted by Crippen LogP contribution is -2.23. The average molecular weight is 355 g/mol. The maximum atomic E-state index is 12.5. The Labute approximate surface area is 153 Å². The van der Waals surface area contributed by atoms with E-state index < -0.39 is 6.04 Å². The Morgan fingerprint density at radius 1 is 1.19 bits per heavy atom. The van der Waals surface area contributed by atoms with Crippen molar-refractivity contribution in [3.8, 4) is 5.75 Å². The van der Waals surface area contributed by atoms with E-state index in [0.717, 1.165) is 23.2 Å². The lowest BCUT2D eigenvalue weighted by Gasteiger charge is -2.20. The van der Waals surface area contributed by atoms with Crippen LogP contribution in [0, 0.1) is 5.41 Å². The first-order valence-electron chi connectivity index (χ1n) is 8.54. The maximum absolute atomic E-state index is 12.5. The summed E-state index contributed by atoms with van der Waals surface area (Å²) in [5.41, 5.74) is 8.68. The number of nitrogens with two attached hydrogens (primary N) is 1. The van der Waals surface area contributed by atoms with E-state index in [1.54, 1.807) is 38.3 Å². The molecule has 4 N–H and O–H groups in total. The van der Waals surface area contributed by atoms with Crippen molar-refractivity contribution in [2.75, 3.05) is 19.0 Å². The number of nitrogens with one attached hydrogen (secondary N) is 2. The maximum Gasteiger partial charge on any atom is 0.333 e. The normalized spacial score (nSPS) is 11.5. The van der Waals surface area contributed by atoms with Crippen LogP contribution in [-0.2, 0) is 16.0 Å². The Balaban J connectivity index is 2.37. The van der Waals surface area contributed by atoms with E-state index >= 15 is 0 Å². The number of ether oxygens (including phenoxy) is 2. The Kier molecular flexibility index (Phi) is 6.60. The van der Waals surface area contributed by atoms with Gasteiger partial charge in [0.2, 0.25) is 0 Å². The molecular formula is C20H25N3O3. The Bertz CT molecular complexity index is 750. The molecule has 2 aromatic carbocycles. The largest absolute Gasteiger partial charge is 0.497 e. The molecule has 0 bridgehead atoms. The number of aryl methyl sites for hydroxylation is 1. The lowest BCUT2D eigenvalue weighted by molar-refractivity contribution is -0.144. The van der Waals surface area contributed by atoms with E-state index in [4.69, 9.17) is 20.6 Å². The van der Waals surface area contributed by atoms with Crippen LogP contribution in [0.2, 0.25) is 0 Å². The Hall–Kier alpha value is -3.02. The van der Waals surface area contributed by atoms with Crippen molar-refractivity contribution < 1.29 is 14.3 Å². The molecule has 0 aliphatic heterocycles. The van der Waals surface area contributed by atoms with Gasteiger partial charge in [-0.25, -0.2) is 4.79 Å². The molecule has 0 aliphatic carbocycles. The number of hydrogen-bond acceptors (Lipinski definition) is 5. The van der Waals surface area contributed by atoms with Gasteiger partial charge in [-0.05, 0) is 60.9 Å². The van der Waals surface area contributed by atoms with Crippen LogP contribution < -0.4 is 15.8 Å².